The van der Waals surface area contributed by atoms with E-state index in [1.54, 1.807) is 0 Å². The van der Waals surface area contributed by atoms with Crippen molar-refractivity contribution in [2.75, 3.05) is 26.4 Å². The van der Waals surface area contributed by atoms with Gasteiger partial charge in [0.2, 0.25) is 0 Å². The highest BCUT2D eigenvalue weighted by Crippen LogP contribution is 2.39. The number of hydrogen-bond donors (Lipinski definition) is 2. The maximum absolute atomic E-state index is 12.6. The molecule has 0 aromatic rings. The third-order valence-electron chi connectivity index (χ3n) is 7.32. The molecule has 6 heteroatoms. The molecule has 6 nitrogen and oxygen atoms in total. The molecule has 2 fully saturated rings. The molecular weight excluding hydrogens is 408 g/mol. The van der Waals surface area contributed by atoms with Crippen molar-refractivity contribution in [3.05, 3.63) is 0 Å². The quantitative estimate of drug-likeness (QED) is 0.414. The van der Waals surface area contributed by atoms with Crippen LogP contribution in [0.5, 0.6) is 0 Å². The predicted molar refractivity (Wildman–Crippen MR) is 126 cm³/mol. The van der Waals surface area contributed by atoms with Gasteiger partial charge in [0.15, 0.2) is 0 Å². The normalized spacial score (nSPS) is 30.4. The van der Waals surface area contributed by atoms with Crippen molar-refractivity contribution in [3.8, 4) is 0 Å². The number of carbonyl (C=O) groups excluding carboxylic acids is 2. The first kappa shape index (κ1) is 28.9. The van der Waals surface area contributed by atoms with E-state index in [-0.39, 0.29) is 50.2 Å². The highest BCUT2D eigenvalue weighted by atomic mass is 16.6. The monoisotopic (exact) mass is 456 g/mol. The third-order valence-corrected chi connectivity index (χ3v) is 7.32. The summed E-state index contributed by atoms with van der Waals surface area (Å²) in [6.45, 7) is 13.3. The molecule has 2 N–H and O–H groups in total. The van der Waals surface area contributed by atoms with Crippen LogP contribution in [0.2, 0.25) is 0 Å². The summed E-state index contributed by atoms with van der Waals surface area (Å²) >= 11 is 0. The predicted octanol–water partition coefficient (Wildman–Crippen LogP) is 4.46. The Kier molecular flexibility index (Phi) is 13.4. The lowest BCUT2D eigenvalue weighted by atomic mass is 9.70. The van der Waals surface area contributed by atoms with Gasteiger partial charge in [-0.1, -0.05) is 54.4 Å². The Labute approximate surface area is 195 Å². The molecule has 0 aliphatic heterocycles. The molecular formula is C26H48O6. The van der Waals surface area contributed by atoms with E-state index in [9.17, 15) is 9.59 Å². The van der Waals surface area contributed by atoms with E-state index in [1.807, 2.05) is 0 Å². The van der Waals surface area contributed by atoms with E-state index in [1.165, 1.54) is 12.8 Å². The maximum Gasteiger partial charge on any atom is 0.309 e. The minimum atomic E-state index is -0.125. The second-order valence-electron chi connectivity index (χ2n) is 10.6. The van der Waals surface area contributed by atoms with Crippen molar-refractivity contribution in [2.24, 2.45) is 47.3 Å². The molecule has 0 heterocycles. The number of esters is 2. The van der Waals surface area contributed by atoms with Crippen LogP contribution >= 0.6 is 0 Å². The van der Waals surface area contributed by atoms with Crippen LogP contribution in [0.1, 0.15) is 80.1 Å². The van der Waals surface area contributed by atoms with Crippen LogP contribution in [0.3, 0.4) is 0 Å². The summed E-state index contributed by atoms with van der Waals surface area (Å²) < 4.78 is 11.1. The molecule has 0 saturated heterocycles. The first-order chi connectivity index (χ1) is 15.1. The lowest BCUT2D eigenvalue weighted by molar-refractivity contribution is -0.162. The van der Waals surface area contributed by atoms with Crippen molar-refractivity contribution in [3.63, 3.8) is 0 Å². The first-order valence-electron chi connectivity index (χ1n) is 12.7. The van der Waals surface area contributed by atoms with Gasteiger partial charge >= 0.3 is 11.9 Å². The highest BCUT2D eigenvalue weighted by Gasteiger charge is 2.37. The van der Waals surface area contributed by atoms with Crippen LogP contribution in [-0.4, -0.2) is 48.6 Å². The zero-order valence-corrected chi connectivity index (χ0v) is 21.2. The number of aliphatic hydroxyl groups is 2. The number of rotatable bonds is 8. The summed E-state index contributed by atoms with van der Waals surface area (Å²) in [7, 11) is 0. The fraction of sp³-hybridized carbons (Fsp3) is 0.923. The van der Waals surface area contributed by atoms with E-state index in [2.05, 4.69) is 41.5 Å². The Morgan fingerprint density at radius 1 is 0.719 bits per heavy atom. The van der Waals surface area contributed by atoms with Gasteiger partial charge in [-0.05, 0) is 61.2 Å². The fourth-order valence-corrected chi connectivity index (χ4v) is 5.45. The summed E-state index contributed by atoms with van der Waals surface area (Å²) in [5.41, 5.74) is 0. The van der Waals surface area contributed by atoms with Crippen molar-refractivity contribution in [1.82, 2.24) is 0 Å². The molecule has 32 heavy (non-hydrogen) atoms. The minimum Gasteiger partial charge on any atom is -0.462 e. The second-order valence-corrected chi connectivity index (χ2v) is 10.6. The van der Waals surface area contributed by atoms with E-state index in [0.29, 0.717) is 35.5 Å². The molecule has 6 unspecified atom stereocenters. The van der Waals surface area contributed by atoms with Gasteiger partial charge in [0.25, 0.3) is 0 Å². The lowest BCUT2D eigenvalue weighted by Gasteiger charge is -2.36. The summed E-state index contributed by atoms with van der Waals surface area (Å²) in [5.74, 6) is 2.71. The fourth-order valence-electron chi connectivity index (χ4n) is 5.45. The van der Waals surface area contributed by atoms with Gasteiger partial charge in [-0.25, -0.2) is 0 Å². The molecule has 188 valence electrons. The summed E-state index contributed by atoms with van der Waals surface area (Å²) in [6, 6.07) is 0. The molecule has 2 saturated carbocycles. The Morgan fingerprint density at radius 3 is 1.34 bits per heavy atom. The van der Waals surface area contributed by atoms with Crippen molar-refractivity contribution >= 4 is 11.9 Å². The van der Waals surface area contributed by atoms with Gasteiger partial charge in [-0.2, -0.15) is 0 Å². The Balaban J connectivity index is 0.00000118. The zero-order valence-electron chi connectivity index (χ0n) is 21.2. The smallest absolute Gasteiger partial charge is 0.309 e. The van der Waals surface area contributed by atoms with Crippen LogP contribution in [0, 0.1) is 47.3 Å². The molecule has 2 aliphatic rings. The van der Waals surface area contributed by atoms with Gasteiger partial charge in [0, 0.05) is 0 Å². The average Bonchev–Trinajstić information content (AvgIpc) is 2.75. The average molecular weight is 457 g/mol. The van der Waals surface area contributed by atoms with E-state index in [4.69, 9.17) is 19.7 Å². The first-order valence-corrected chi connectivity index (χ1v) is 12.7. The van der Waals surface area contributed by atoms with E-state index >= 15 is 0 Å². The molecule has 2 aliphatic carbocycles. The van der Waals surface area contributed by atoms with Crippen molar-refractivity contribution < 1.29 is 29.3 Å². The standard InChI is InChI=1S/C24H42O4.C2H6O2/c1-15(2)19-9-7-17(5)13-21(19)23(25)27-11-12-28-24(26)22-14-18(6)8-10-20(22)16(3)4;3-1-2-4/h15-22H,7-14H2,1-6H3;3-4H,1-2H2. The number of hydrogen-bond acceptors (Lipinski definition) is 6. The van der Waals surface area contributed by atoms with Crippen LogP contribution in [-0.2, 0) is 19.1 Å². The minimum absolute atomic E-state index is 0.0102. The molecule has 2 rings (SSSR count). The molecule has 0 radical (unpaired) electrons. The van der Waals surface area contributed by atoms with Crippen LogP contribution in [0.25, 0.3) is 0 Å². The van der Waals surface area contributed by atoms with Crippen LogP contribution in [0.15, 0.2) is 0 Å². The van der Waals surface area contributed by atoms with Gasteiger partial charge < -0.3 is 19.7 Å². The van der Waals surface area contributed by atoms with E-state index < -0.39 is 0 Å². The number of carbonyl (C=O) groups is 2. The summed E-state index contributed by atoms with van der Waals surface area (Å²) in [5, 5.41) is 15.2. The van der Waals surface area contributed by atoms with Crippen LogP contribution in [0.4, 0.5) is 0 Å². The topological polar surface area (TPSA) is 93.1 Å². The SMILES string of the molecule is CC1CCC(C(C)C)C(C(=O)OCCOC(=O)C2CC(C)CCC2C(C)C)C1.OCCO. The molecule has 0 aromatic carbocycles. The molecule has 0 spiro atoms. The Hall–Kier alpha value is -1.14. The van der Waals surface area contributed by atoms with Gasteiger partial charge in [0.05, 0.1) is 25.0 Å². The third kappa shape index (κ3) is 9.38. The lowest BCUT2D eigenvalue weighted by Crippen LogP contribution is -2.36. The largest absolute Gasteiger partial charge is 0.462 e. The number of ether oxygens (including phenoxy) is 2. The molecule has 0 bridgehead atoms. The molecule has 6 atom stereocenters. The summed E-state index contributed by atoms with van der Waals surface area (Å²) in [6.07, 6.45) is 6.42. The van der Waals surface area contributed by atoms with Gasteiger partial charge in [0.1, 0.15) is 13.2 Å². The molecule has 0 amide bonds. The maximum atomic E-state index is 12.6. The van der Waals surface area contributed by atoms with Crippen molar-refractivity contribution in [1.29, 1.82) is 0 Å². The van der Waals surface area contributed by atoms with Crippen molar-refractivity contribution in [2.45, 2.75) is 80.1 Å². The van der Waals surface area contributed by atoms with Gasteiger partial charge in [-0.3, -0.25) is 9.59 Å². The molecule has 0 aromatic heterocycles. The Bertz CT molecular complexity index is 498. The zero-order chi connectivity index (χ0) is 24.3. The van der Waals surface area contributed by atoms with Gasteiger partial charge in [-0.15, -0.1) is 0 Å². The van der Waals surface area contributed by atoms with Crippen LogP contribution < -0.4 is 0 Å². The summed E-state index contributed by atoms with van der Waals surface area (Å²) in [4.78, 5) is 25.3. The Morgan fingerprint density at radius 2 is 1.06 bits per heavy atom. The second kappa shape index (κ2) is 14.9. The number of aliphatic hydroxyl groups excluding tert-OH is 2. The highest BCUT2D eigenvalue weighted by molar-refractivity contribution is 5.74. The van der Waals surface area contributed by atoms with E-state index in [0.717, 1.165) is 25.7 Å².